The van der Waals surface area contributed by atoms with E-state index in [4.69, 9.17) is 9.47 Å². The maximum atomic E-state index is 13.5. The molecule has 2 heterocycles. The van der Waals surface area contributed by atoms with Gasteiger partial charge < -0.3 is 14.6 Å². The summed E-state index contributed by atoms with van der Waals surface area (Å²) in [4.78, 5) is 43.5. The molecule has 40 heavy (non-hydrogen) atoms. The smallest absolute Gasteiger partial charge is 0.301 e. The summed E-state index contributed by atoms with van der Waals surface area (Å²) >= 11 is 1.20. The summed E-state index contributed by atoms with van der Waals surface area (Å²) in [5.41, 5.74) is 1.04. The third-order valence-electron chi connectivity index (χ3n) is 6.33. The molecule has 1 amide bonds. The van der Waals surface area contributed by atoms with Crippen LogP contribution in [0.5, 0.6) is 11.5 Å². The number of nitrogens with zero attached hydrogens (tertiary/aromatic N) is 3. The van der Waals surface area contributed by atoms with Crippen LogP contribution in [0.4, 0.5) is 10.8 Å². The molecule has 204 valence electrons. The molecule has 1 fully saturated rings. The molecule has 0 saturated carbocycles. The average Bonchev–Trinajstić information content (AvgIpc) is 3.49. The normalized spacial score (nSPS) is 16.4. The topological polar surface area (TPSA) is 132 Å². The molecule has 1 N–H and O–H groups in total. The van der Waals surface area contributed by atoms with Crippen LogP contribution >= 0.6 is 11.3 Å². The van der Waals surface area contributed by atoms with E-state index < -0.39 is 22.7 Å². The van der Waals surface area contributed by atoms with Gasteiger partial charge in [-0.25, -0.2) is 4.98 Å². The number of hydrogen-bond donors (Lipinski definition) is 1. The number of non-ortho nitro benzene ring substituents is 1. The van der Waals surface area contributed by atoms with Gasteiger partial charge in [0.15, 0.2) is 5.13 Å². The fourth-order valence-electron chi connectivity index (χ4n) is 4.46. The number of anilines is 1. The van der Waals surface area contributed by atoms with Crippen LogP contribution in [0.2, 0.25) is 0 Å². The van der Waals surface area contributed by atoms with Gasteiger partial charge in [0.25, 0.3) is 11.5 Å². The van der Waals surface area contributed by atoms with Crippen molar-refractivity contribution >= 4 is 49.8 Å². The number of carbonyl (C=O) groups excluding carboxylic acids is 2. The summed E-state index contributed by atoms with van der Waals surface area (Å²) in [5.74, 6) is -0.874. The Balaban J connectivity index is 1.64. The number of benzene rings is 3. The van der Waals surface area contributed by atoms with Crippen LogP contribution in [-0.4, -0.2) is 39.9 Å². The number of amides is 1. The van der Waals surface area contributed by atoms with Crippen molar-refractivity contribution in [2.24, 2.45) is 0 Å². The fourth-order valence-corrected chi connectivity index (χ4v) is 5.48. The van der Waals surface area contributed by atoms with Gasteiger partial charge in [-0.3, -0.25) is 24.6 Å². The van der Waals surface area contributed by atoms with E-state index in [0.29, 0.717) is 41.4 Å². The SMILES string of the molecule is CCCOc1ccc(C(O)=C2C(=O)C(=O)N(c3nc4ccc(OCC)cc4s3)C2c2ccc([N+](=O)[O-])cc2)cc1. The lowest BCUT2D eigenvalue weighted by molar-refractivity contribution is -0.384. The van der Waals surface area contributed by atoms with E-state index >= 15 is 0 Å². The van der Waals surface area contributed by atoms with Gasteiger partial charge in [-0.15, -0.1) is 0 Å². The highest BCUT2D eigenvalue weighted by Gasteiger charge is 2.48. The van der Waals surface area contributed by atoms with E-state index in [1.54, 1.807) is 42.5 Å². The Hall–Kier alpha value is -4.77. The zero-order chi connectivity index (χ0) is 28.4. The zero-order valence-electron chi connectivity index (χ0n) is 21.7. The van der Waals surface area contributed by atoms with Crippen molar-refractivity contribution in [3.63, 3.8) is 0 Å². The Labute approximate surface area is 233 Å². The second-order valence-corrected chi connectivity index (χ2v) is 9.96. The average molecular weight is 560 g/mol. The molecule has 1 aromatic heterocycles. The molecule has 1 atom stereocenters. The van der Waals surface area contributed by atoms with Gasteiger partial charge in [-0.1, -0.05) is 18.3 Å². The summed E-state index contributed by atoms with van der Waals surface area (Å²) in [6.45, 7) is 4.88. The third-order valence-corrected chi connectivity index (χ3v) is 7.35. The van der Waals surface area contributed by atoms with Crippen LogP contribution in [0.15, 0.2) is 72.3 Å². The number of ether oxygens (including phenoxy) is 2. The van der Waals surface area contributed by atoms with Gasteiger partial charge in [0.2, 0.25) is 0 Å². The standard InChI is InChI=1S/C29H25N3O7S/c1-3-15-39-20-11-7-18(8-12-20)26(33)24-25(17-5-9-19(10-6-17)32(36)37)31(28(35)27(24)34)29-30-22-14-13-21(38-4-2)16-23(22)40-29/h5-14,16,25,33H,3-4,15H2,1-2H3. The largest absolute Gasteiger partial charge is 0.507 e. The van der Waals surface area contributed by atoms with Gasteiger partial charge >= 0.3 is 5.91 Å². The molecule has 4 aromatic rings. The predicted molar refractivity (Wildman–Crippen MR) is 151 cm³/mol. The molecule has 11 heteroatoms. The molecule has 0 spiro atoms. The monoisotopic (exact) mass is 559 g/mol. The minimum atomic E-state index is -1.07. The zero-order valence-corrected chi connectivity index (χ0v) is 22.5. The van der Waals surface area contributed by atoms with Crippen LogP contribution in [-0.2, 0) is 9.59 Å². The third kappa shape index (κ3) is 4.98. The summed E-state index contributed by atoms with van der Waals surface area (Å²) in [7, 11) is 0. The number of nitro benzene ring substituents is 1. The summed E-state index contributed by atoms with van der Waals surface area (Å²) in [5, 5.41) is 22.9. The number of fused-ring (bicyclic) bond motifs is 1. The highest BCUT2D eigenvalue weighted by molar-refractivity contribution is 7.22. The van der Waals surface area contributed by atoms with Crippen LogP contribution in [0.1, 0.15) is 37.4 Å². The maximum Gasteiger partial charge on any atom is 0.301 e. The molecule has 0 radical (unpaired) electrons. The van der Waals surface area contributed by atoms with E-state index in [-0.39, 0.29) is 22.2 Å². The van der Waals surface area contributed by atoms with Crippen molar-refractivity contribution in [2.45, 2.75) is 26.3 Å². The fraction of sp³-hybridized carbons (Fsp3) is 0.207. The van der Waals surface area contributed by atoms with E-state index in [1.165, 1.54) is 40.5 Å². The molecule has 1 saturated heterocycles. The van der Waals surface area contributed by atoms with Crippen molar-refractivity contribution in [3.05, 3.63) is 93.5 Å². The van der Waals surface area contributed by atoms with E-state index in [9.17, 15) is 24.8 Å². The first-order chi connectivity index (χ1) is 19.3. The number of aliphatic hydroxyl groups is 1. The predicted octanol–water partition coefficient (Wildman–Crippen LogP) is 6.02. The Morgan fingerprint density at radius 3 is 2.38 bits per heavy atom. The first-order valence-electron chi connectivity index (χ1n) is 12.6. The molecule has 3 aromatic carbocycles. The molecule has 0 aliphatic carbocycles. The van der Waals surface area contributed by atoms with E-state index in [1.807, 2.05) is 13.8 Å². The molecule has 1 aliphatic heterocycles. The first kappa shape index (κ1) is 26.8. The minimum Gasteiger partial charge on any atom is -0.507 e. The first-order valence-corrected chi connectivity index (χ1v) is 13.5. The van der Waals surface area contributed by atoms with Crippen molar-refractivity contribution in [3.8, 4) is 11.5 Å². The van der Waals surface area contributed by atoms with E-state index in [2.05, 4.69) is 4.98 Å². The van der Waals surface area contributed by atoms with Gasteiger partial charge in [-0.05, 0) is 73.5 Å². The Kier molecular flexibility index (Phi) is 7.47. The lowest BCUT2D eigenvalue weighted by Gasteiger charge is -2.22. The summed E-state index contributed by atoms with van der Waals surface area (Å²) in [6, 6.07) is 16.4. The number of ketones is 1. The van der Waals surface area contributed by atoms with Crippen molar-refractivity contribution < 1.29 is 29.1 Å². The lowest BCUT2D eigenvalue weighted by atomic mass is 9.95. The number of aromatic nitrogens is 1. The van der Waals surface area contributed by atoms with Gasteiger partial charge in [0, 0.05) is 17.7 Å². The summed E-state index contributed by atoms with van der Waals surface area (Å²) < 4.78 is 11.9. The van der Waals surface area contributed by atoms with Crippen LogP contribution in [0, 0.1) is 10.1 Å². The molecule has 1 unspecified atom stereocenters. The van der Waals surface area contributed by atoms with Gasteiger partial charge in [-0.2, -0.15) is 0 Å². The number of rotatable bonds is 9. The number of carbonyl (C=O) groups is 2. The Bertz CT molecular complexity index is 1630. The lowest BCUT2D eigenvalue weighted by Crippen LogP contribution is -2.29. The van der Waals surface area contributed by atoms with Gasteiger partial charge in [0.1, 0.15) is 17.3 Å². The number of nitro groups is 1. The van der Waals surface area contributed by atoms with Crippen LogP contribution in [0.3, 0.4) is 0 Å². The van der Waals surface area contributed by atoms with E-state index in [0.717, 1.165) is 11.1 Å². The second-order valence-electron chi connectivity index (χ2n) is 8.95. The van der Waals surface area contributed by atoms with Crippen LogP contribution < -0.4 is 14.4 Å². The van der Waals surface area contributed by atoms with Crippen molar-refractivity contribution in [1.82, 2.24) is 4.98 Å². The Morgan fingerprint density at radius 2 is 1.73 bits per heavy atom. The van der Waals surface area contributed by atoms with Crippen LogP contribution in [0.25, 0.3) is 16.0 Å². The molecular formula is C29H25N3O7S. The van der Waals surface area contributed by atoms with Crippen molar-refractivity contribution in [1.29, 1.82) is 0 Å². The number of thiazole rings is 1. The Morgan fingerprint density at radius 1 is 1.02 bits per heavy atom. The molecule has 5 rings (SSSR count). The molecule has 0 bridgehead atoms. The molecule has 10 nitrogen and oxygen atoms in total. The number of Topliss-reactive ketones (excluding diaryl/α,β-unsaturated/α-hetero) is 1. The second kappa shape index (κ2) is 11.1. The van der Waals surface area contributed by atoms with Gasteiger partial charge in [0.05, 0.1) is 40.0 Å². The molecular weight excluding hydrogens is 534 g/mol. The quantitative estimate of drug-likeness (QED) is 0.0866. The highest BCUT2D eigenvalue weighted by atomic mass is 32.1. The molecule has 1 aliphatic rings. The minimum absolute atomic E-state index is 0.143. The maximum absolute atomic E-state index is 13.5. The number of aliphatic hydroxyl groups excluding tert-OH is 1. The highest BCUT2D eigenvalue weighted by Crippen LogP contribution is 2.45. The number of hydrogen-bond acceptors (Lipinski definition) is 9. The van der Waals surface area contributed by atoms with Crippen molar-refractivity contribution in [2.75, 3.05) is 18.1 Å². The summed E-state index contributed by atoms with van der Waals surface area (Å²) in [6.07, 6.45) is 0.832.